The highest BCUT2D eigenvalue weighted by atomic mass is 14.2. The van der Waals surface area contributed by atoms with E-state index in [0.717, 1.165) is 17.8 Å². The Balaban J connectivity index is 3.26. The van der Waals surface area contributed by atoms with Crippen LogP contribution in [-0.2, 0) is 0 Å². The van der Waals surface area contributed by atoms with Crippen molar-refractivity contribution in [3.05, 3.63) is 0 Å². The summed E-state index contributed by atoms with van der Waals surface area (Å²) in [6.07, 6.45) is 20.3. The van der Waals surface area contributed by atoms with Crippen LogP contribution in [0.5, 0.6) is 0 Å². The molecule has 0 aromatic rings. The number of hydrogen-bond acceptors (Lipinski definition) is 0. The molecule has 0 saturated carbocycles. The molecule has 0 saturated heterocycles. The maximum absolute atomic E-state index is 2.47. The summed E-state index contributed by atoms with van der Waals surface area (Å²) < 4.78 is 0. The fourth-order valence-corrected chi connectivity index (χ4v) is 3.50. The van der Waals surface area contributed by atoms with Gasteiger partial charge >= 0.3 is 0 Å². The third-order valence-electron chi connectivity index (χ3n) is 5.95. The summed E-state index contributed by atoms with van der Waals surface area (Å²) in [6.45, 7) is 12.0. The zero-order chi connectivity index (χ0) is 16.6. The Hall–Kier alpha value is 0. The van der Waals surface area contributed by atoms with Crippen molar-refractivity contribution in [1.82, 2.24) is 0 Å². The predicted molar refractivity (Wildman–Crippen MR) is 103 cm³/mol. The molecule has 0 unspecified atom stereocenters. The summed E-state index contributed by atoms with van der Waals surface area (Å²) in [5, 5.41) is 0. The second-order valence-electron chi connectivity index (χ2n) is 7.90. The van der Waals surface area contributed by atoms with Crippen molar-refractivity contribution in [1.29, 1.82) is 0 Å². The molecule has 0 amide bonds. The number of hydrogen-bond donors (Lipinski definition) is 0. The first-order valence-corrected chi connectivity index (χ1v) is 10.6. The van der Waals surface area contributed by atoms with Gasteiger partial charge in [-0.3, -0.25) is 0 Å². The van der Waals surface area contributed by atoms with Gasteiger partial charge in [-0.15, -0.1) is 0 Å². The minimum atomic E-state index is 0.896. The zero-order valence-electron chi connectivity index (χ0n) is 16.6. The monoisotopic (exact) mass is 310 g/mol. The largest absolute Gasteiger partial charge is 0.0654 e. The van der Waals surface area contributed by atoms with Crippen LogP contribution in [0.1, 0.15) is 125 Å². The average Bonchev–Trinajstić information content (AvgIpc) is 2.54. The Bertz CT molecular complexity index is 208. The fourth-order valence-electron chi connectivity index (χ4n) is 3.50. The molecule has 134 valence electrons. The van der Waals surface area contributed by atoms with Crippen molar-refractivity contribution in [2.45, 2.75) is 125 Å². The van der Waals surface area contributed by atoms with Gasteiger partial charge in [-0.25, -0.2) is 0 Å². The Morgan fingerprint density at radius 1 is 0.500 bits per heavy atom. The summed E-state index contributed by atoms with van der Waals surface area (Å²) >= 11 is 0. The van der Waals surface area contributed by atoms with E-state index in [1.165, 1.54) is 89.9 Å². The van der Waals surface area contributed by atoms with Crippen molar-refractivity contribution in [2.24, 2.45) is 17.8 Å². The first-order chi connectivity index (χ1) is 10.6. The molecule has 0 radical (unpaired) electrons. The Morgan fingerprint density at radius 2 is 0.909 bits per heavy atom. The summed E-state index contributed by atoms with van der Waals surface area (Å²) in [5.41, 5.74) is 0. The smallest absolute Gasteiger partial charge is 0.0391 e. The summed E-state index contributed by atoms with van der Waals surface area (Å²) in [4.78, 5) is 0. The third-order valence-corrected chi connectivity index (χ3v) is 5.95. The van der Waals surface area contributed by atoms with Crippen LogP contribution in [0, 0.1) is 17.8 Å². The van der Waals surface area contributed by atoms with Crippen LogP contribution in [0.2, 0.25) is 0 Å². The van der Waals surface area contributed by atoms with E-state index in [9.17, 15) is 0 Å². The molecule has 0 heterocycles. The van der Waals surface area contributed by atoms with E-state index in [1.54, 1.807) is 0 Å². The minimum absolute atomic E-state index is 0.896. The predicted octanol–water partition coefficient (Wildman–Crippen LogP) is 8.40. The summed E-state index contributed by atoms with van der Waals surface area (Å²) in [6, 6.07) is 0. The van der Waals surface area contributed by atoms with Crippen LogP contribution < -0.4 is 0 Å². The quantitative estimate of drug-likeness (QED) is 0.251. The lowest BCUT2D eigenvalue weighted by atomic mass is 9.81. The summed E-state index contributed by atoms with van der Waals surface area (Å²) in [7, 11) is 0. The molecule has 0 bridgehead atoms. The molecule has 0 nitrogen and oxygen atoms in total. The van der Waals surface area contributed by atoms with Gasteiger partial charge in [-0.05, 0) is 17.8 Å². The Labute approximate surface area is 142 Å². The van der Waals surface area contributed by atoms with E-state index < -0.39 is 0 Å². The van der Waals surface area contributed by atoms with E-state index in [-0.39, 0.29) is 0 Å². The average molecular weight is 311 g/mol. The third kappa shape index (κ3) is 12.5. The maximum Gasteiger partial charge on any atom is -0.0391 e. The molecule has 3 atom stereocenters. The molecule has 0 aromatic carbocycles. The SMILES string of the molecule is CCCCCCCCCCCCCC[C@H](C)[C@@H](C)[C@@H](C)CC. The van der Waals surface area contributed by atoms with E-state index in [0.29, 0.717) is 0 Å². The van der Waals surface area contributed by atoms with E-state index in [2.05, 4.69) is 34.6 Å². The fraction of sp³-hybridized carbons (Fsp3) is 1.00. The molecule has 0 aliphatic rings. The molecule has 0 N–H and O–H groups in total. The van der Waals surface area contributed by atoms with Crippen molar-refractivity contribution in [3.63, 3.8) is 0 Å². The maximum atomic E-state index is 2.47. The van der Waals surface area contributed by atoms with Gasteiger partial charge in [0, 0.05) is 0 Å². The van der Waals surface area contributed by atoms with Crippen molar-refractivity contribution in [2.75, 3.05) is 0 Å². The molecule has 0 heteroatoms. The lowest BCUT2D eigenvalue weighted by molar-refractivity contribution is 0.255. The van der Waals surface area contributed by atoms with Crippen LogP contribution in [0.3, 0.4) is 0 Å². The lowest BCUT2D eigenvalue weighted by Crippen LogP contribution is -2.15. The van der Waals surface area contributed by atoms with Gasteiger partial charge in [0.25, 0.3) is 0 Å². The molecule has 0 aliphatic carbocycles. The molecule has 0 aromatic heterocycles. The molecule has 0 rings (SSSR count). The van der Waals surface area contributed by atoms with Crippen LogP contribution in [-0.4, -0.2) is 0 Å². The van der Waals surface area contributed by atoms with E-state index >= 15 is 0 Å². The van der Waals surface area contributed by atoms with Crippen LogP contribution in [0.25, 0.3) is 0 Å². The van der Waals surface area contributed by atoms with Gasteiger partial charge < -0.3 is 0 Å². The zero-order valence-corrected chi connectivity index (χ0v) is 16.6. The van der Waals surface area contributed by atoms with Gasteiger partial charge in [-0.1, -0.05) is 125 Å². The highest BCUT2D eigenvalue weighted by Crippen LogP contribution is 2.27. The lowest BCUT2D eigenvalue weighted by Gasteiger charge is -2.25. The molecular formula is C22H46. The van der Waals surface area contributed by atoms with Crippen molar-refractivity contribution in [3.8, 4) is 0 Å². The highest BCUT2D eigenvalue weighted by Gasteiger charge is 2.16. The summed E-state index contributed by atoms with van der Waals surface area (Å²) in [5.74, 6) is 2.71. The van der Waals surface area contributed by atoms with Crippen molar-refractivity contribution < 1.29 is 0 Å². The van der Waals surface area contributed by atoms with Gasteiger partial charge in [0.1, 0.15) is 0 Å². The van der Waals surface area contributed by atoms with Crippen LogP contribution >= 0.6 is 0 Å². The number of rotatable bonds is 16. The Morgan fingerprint density at radius 3 is 1.32 bits per heavy atom. The number of unbranched alkanes of at least 4 members (excludes halogenated alkanes) is 11. The topological polar surface area (TPSA) is 0 Å². The van der Waals surface area contributed by atoms with Gasteiger partial charge in [-0.2, -0.15) is 0 Å². The second-order valence-corrected chi connectivity index (χ2v) is 7.90. The molecular weight excluding hydrogens is 264 g/mol. The second kappa shape index (κ2) is 15.9. The Kier molecular flexibility index (Phi) is 15.9. The van der Waals surface area contributed by atoms with E-state index in [1.807, 2.05) is 0 Å². The van der Waals surface area contributed by atoms with Crippen molar-refractivity contribution >= 4 is 0 Å². The first kappa shape index (κ1) is 22.0. The first-order valence-electron chi connectivity index (χ1n) is 10.6. The van der Waals surface area contributed by atoms with Crippen LogP contribution in [0.4, 0.5) is 0 Å². The minimum Gasteiger partial charge on any atom is -0.0654 e. The van der Waals surface area contributed by atoms with E-state index in [4.69, 9.17) is 0 Å². The molecule has 0 aliphatic heterocycles. The van der Waals surface area contributed by atoms with Gasteiger partial charge in [0.2, 0.25) is 0 Å². The van der Waals surface area contributed by atoms with Gasteiger partial charge in [0.05, 0.1) is 0 Å². The molecule has 0 fully saturated rings. The van der Waals surface area contributed by atoms with Crippen LogP contribution in [0.15, 0.2) is 0 Å². The standard InChI is InChI=1S/C22H46/c1-6-8-9-10-11-12-13-14-15-16-17-18-19-21(4)22(5)20(3)7-2/h20-22H,6-19H2,1-5H3/t20-,21-,22-/m0/s1. The molecule has 0 spiro atoms. The molecule has 22 heavy (non-hydrogen) atoms. The highest BCUT2D eigenvalue weighted by molar-refractivity contribution is 4.67. The normalized spacial score (nSPS) is 15.7. The van der Waals surface area contributed by atoms with Gasteiger partial charge in [0.15, 0.2) is 0 Å².